The monoisotopic (exact) mass is 1110 g/mol. The van der Waals surface area contributed by atoms with E-state index in [0.29, 0.717) is 26.2 Å². The lowest BCUT2D eigenvalue weighted by Crippen LogP contribution is -2.59. The van der Waals surface area contributed by atoms with Crippen molar-refractivity contribution >= 4 is 47.3 Å². The third-order valence-electron chi connectivity index (χ3n) is 18.4. The van der Waals surface area contributed by atoms with E-state index in [1.165, 1.54) is 11.1 Å². The molecule has 80 heavy (non-hydrogen) atoms. The van der Waals surface area contributed by atoms with Gasteiger partial charge in [-0.3, -0.25) is 38.4 Å². The van der Waals surface area contributed by atoms with Gasteiger partial charge in [0, 0.05) is 52.1 Å². The summed E-state index contributed by atoms with van der Waals surface area (Å²) in [5.74, 6) is -1.96. The Morgan fingerprint density at radius 2 is 0.925 bits per heavy atom. The topological polar surface area (TPSA) is 240 Å². The van der Waals surface area contributed by atoms with Crippen LogP contribution in [-0.4, -0.2) is 182 Å². The van der Waals surface area contributed by atoms with Crippen LogP contribution in [0.25, 0.3) is 0 Å². The first-order chi connectivity index (χ1) is 38.7. The van der Waals surface area contributed by atoms with E-state index < -0.39 is 48.5 Å². The number of hydrogen-bond donors (Lipinski definition) is 6. The van der Waals surface area contributed by atoms with Crippen molar-refractivity contribution in [1.82, 2.24) is 51.5 Å². The van der Waals surface area contributed by atoms with Crippen LogP contribution in [0.15, 0.2) is 48.5 Å². The highest BCUT2D eigenvalue weighted by Gasteiger charge is 2.48. The molecule has 0 aromatic heterocycles. The van der Waals surface area contributed by atoms with Crippen LogP contribution in [0.1, 0.15) is 138 Å². The average molecular weight is 1110 g/mol. The highest BCUT2D eigenvalue weighted by molar-refractivity contribution is 5.95. The van der Waals surface area contributed by atoms with Crippen molar-refractivity contribution in [2.75, 3.05) is 66.6 Å². The maximum absolute atomic E-state index is 14.5. The van der Waals surface area contributed by atoms with Crippen molar-refractivity contribution in [1.29, 1.82) is 0 Å². The molecule has 0 unspecified atom stereocenters. The molecule has 3 heterocycles. The molecule has 2 saturated carbocycles. The van der Waals surface area contributed by atoms with Gasteiger partial charge in [0.15, 0.2) is 0 Å². The Kier molecular flexibility index (Phi) is 20.0. The summed E-state index contributed by atoms with van der Waals surface area (Å²) in [6.07, 6.45) is 10.1. The normalized spacial score (nSPS) is 25.4. The molecule has 10 atom stereocenters. The second-order valence-corrected chi connectivity index (χ2v) is 23.4. The van der Waals surface area contributed by atoms with Crippen LogP contribution in [-0.2, 0) is 60.7 Å². The Morgan fingerprint density at radius 1 is 0.537 bits per heavy atom. The van der Waals surface area contributed by atoms with Gasteiger partial charge in [0.25, 0.3) is 0 Å². The summed E-state index contributed by atoms with van der Waals surface area (Å²) < 4.78 is 12.6. The minimum absolute atomic E-state index is 0.0296. The van der Waals surface area contributed by atoms with Gasteiger partial charge >= 0.3 is 0 Å². The third kappa shape index (κ3) is 13.8. The van der Waals surface area contributed by atoms with E-state index in [9.17, 15) is 38.4 Å². The molecule has 7 aliphatic rings. The number of nitrogens with zero attached hydrogens (tertiary/aromatic N) is 4. The van der Waals surface area contributed by atoms with Crippen LogP contribution in [0.5, 0.6) is 0 Å². The average Bonchev–Trinajstić information content (AvgIpc) is 4.10. The molecule has 0 spiro atoms. The number of likely N-dealkylation sites (N-methyl/N-ethyl adjacent to an activating group) is 2. The molecule has 436 valence electrons. The standard InChI is InChI=1S/C60H86N10O10/c1-37(61-3)55(73)65-53(41-17-9-18-41)59(77)69-35-43(33-49(69)57(75)63-47-23-11-15-39-13-5-7-21-45(39)47)79-31-25-51(71)67-27-29-68(30-28-67)52(72)26-32-80-44-34-50(58(76)64-48-24-12-16-40-14-6-8-22-46(40)48)70(36-44)60(78)54(42-19-10-20-42)66-56(74)38(2)62-4/h5-8,13-14,21-22,37-38,41-44,47-50,53-54,61-62H,9-12,15-20,23-36H2,1-4H3,(H,63,75)(H,64,76)(H,65,73)(H,66,74)/t37-,38-,43-,44-,47+,48+,49-,50-,53-,54-/m0/s1. The highest BCUT2D eigenvalue weighted by atomic mass is 16.5. The lowest BCUT2D eigenvalue weighted by atomic mass is 9.79. The summed E-state index contributed by atoms with van der Waals surface area (Å²) in [6, 6.07) is 11.7. The number of carbonyl (C=O) groups excluding carboxylic acids is 8. The number of likely N-dealkylation sites (tertiary alicyclic amines) is 2. The van der Waals surface area contributed by atoms with E-state index in [0.717, 1.165) is 88.2 Å². The number of carbonyl (C=O) groups is 8. The molecule has 3 saturated heterocycles. The van der Waals surface area contributed by atoms with Gasteiger partial charge < -0.3 is 61.0 Å². The summed E-state index contributed by atoms with van der Waals surface area (Å²) in [4.78, 5) is 118. The molecule has 9 rings (SSSR count). The molecule has 8 amide bonds. The summed E-state index contributed by atoms with van der Waals surface area (Å²) in [6.45, 7) is 5.33. The van der Waals surface area contributed by atoms with Gasteiger partial charge in [-0.15, -0.1) is 0 Å². The number of rotatable bonds is 22. The van der Waals surface area contributed by atoms with Crippen LogP contribution < -0.4 is 31.9 Å². The first-order valence-electron chi connectivity index (χ1n) is 29.8. The van der Waals surface area contributed by atoms with E-state index in [2.05, 4.69) is 56.2 Å². The molecular weight excluding hydrogens is 1020 g/mol. The number of aryl methyl sites for hydroxylation is 2. The molecule has 2 aromatic carbocycles. The van der Waals surface area contributed by atoms with Gasteiger partial charge in [-0.1, -0.05) is 61.4 Å². The molecule has 4 aliphatic carbocycles. The largest absolute Gasteiger partial charge is 0.376 e. The second kappa shape index (κ2) is 27.2. The molecule has 0 radical (unpaired) electrons. The second-order valence-electron chi connectivity index (χ2n) is 23.4. The predicted molar refractivity (Wildman–Crippen MR) is 298 cm³/mol. The Hall–Kier alpha value is -5.96. The van der Waals surface area contributed by atoms with Gasteiger partial charge in [0.2, 0.25) is 47.3 Å². The van der Waals surface area contributed by atoms with Crippen molar-refractivity contribution in [3.05, 3.63) is 70.8 Å². The molecule has 2 aromatic rings. The lowest BCUT2D eigenvalue weighted by molar-refractivity contribution is -0.144. The third-order valence-corrected chi connectivity index (χ3v) is 18.4. The van der Waals surface area contributed by atoms with E-state index >= 15 is 0 Å². The van der Waals surface area contributed by atoms with Gasteiger partial charge in [0.05, 0.1) is 62.4 Å². The number of ether oxygens (including phenoxy) is 2. The van der Waals surface area contributed by atoms with Gasteiger partial charge in [-0.25, -0.2) is 0 Å². The van der Waals surface area contributed by atoms with E-state index in [1.807, 2.05) is 24.3 Å². The van der Waals surface area contributed by atoms with Crippen molar-refractivity contribution in [3.63, 3.8) is 0 Å². The zero-order chi connectivity index (χ0) is 56.5. The van der Waals surface area contributed by atoms with Crippen LogP contribution >= 0.6 is 0 Å². The number of nitrogens with one attached hydrogen (secondary N) is 6. The molecule has 0 bridgehead atoms. The van der Waals surface area contributed by atoms with Crippen LogP contribution in [0.2, 0.25) is 0 Å². The predicted octanol–water partition coefficient (Wildman–Crippen LogP) is 2.58. The molecule has 3 aliphatic heterocycles. The quantitative estimate of drug-likeness (QED) is 0.0998. The number of amides is 8. The minimum Gasteiger partial charge on any atom is -0.376 e. The summed E-state index contributed by atoms with van der Waals surface area (Å²) in [5.41, 5.74) is 4.59. The van der Waals surface area contributed by atoms with Crippen molar-refractivity contribution < 1.29 is 47.8 Å². The van der Waals surface area contributed by atoms with Gasteiger partial charge in [-0.2, -0.15) is 0 Å². The van der Waals surface area contributed by atoms with Crippen molar-refractivity contribution in [3.8, 4) is 0 Å². The fourth-order valence-corrected chi connectivity index (χ4v) is 12.8. The lowest BCUT2D eigenvalue weighted by Gasteiger charge is -2.37. The Balaban J connectivity index is 0.759. The number of piperazine rings is 1. The smallest absolute Gasteiger partial charge is 0.246 e. The SMILES string of the molecule is CN[C@@H](C)C(=O)N[C@H](C(=O)N1C[C@@H](OCCC(=O)N2CCN(C(=O)CCO[C@H]3C[C@@H](C(=O)N[C@@H]4CCCc5ccccc54)N(C(=O)[C@@H](NC(=O)[C@H](C)NC)C4CCC4)C3)CC2)C[C@H]1C(=O)N[C@@H]1CCCc2ccccc21)C1CCC1. The molecule has 20 heteroatoms. The summed E-state index contributed by atoms with van der Waals surface area (Å²) in [7, 11) is 3.39. The van der Waals surface area contributed by atoms with E-state index in [4.69, 9.17) is 9.47 Å². The maximum Gasteiger partial charge on any atom is 0.246 e. The first-order valence-corrected chi connectivity index (χ1v) is 29.8. The van der Waals surface area contributed by atoms with Crippen molar-refractivity contribution in [2.45, 2.75) is 177 Å². The minimum atomic E-state index is -0.817. The van der Waals surface area contributed by atoms with Crippen LogP contribution in [0, 0.1) is 11.8 Å². The van der Waals surface area contributed by atoms with Gasteiger partial charge in [0.1, 0.15) is 24.2 Å². The molecule has 5 fully saturated rings. The van der Waals surface area contributed by atoms with Crippen LogP contribution in [0.3, 0.4) is 0 Å². The van der Waals surface area contributed by atoms with Crippen LogP contribution in [0.4, 0.5) is 0 Å². The Labute approximate surface area is 471 Å². The van der Waals surface area contributed by atoms with E-state index in [-0.39, 0.29) is 123 Å². The Morgan fingerprint density at radius 3 is 1.29 bits per heavy atom. The maximum atomic E-state index is 14.5. The molecule has 6 N–H and O–H groups in total. The number of benzene rings is 2. The number of hydrogen-bond acceptors (Lipinski definition) is 12. The highest BCUT2D eigenvalue weighted by Crippen LogP contribution is 2.36. The zero-order valence-corrected chi connectivity index (χ0v) is 47.4. The number of fused-ring (bicyclic) bond motifs is 2. The molecular formula is C60H86N10O10. The fourth-order valence-electron chi connectivity index (χ4n) is 12.8. The zero-order valence-electron chi connectivity index (χ0n) is 47.4. The van der Waals surface area contributed by atoms with E-state index in [1.54, 1.807) is 47.5 Å². The Bertz CT molecular complexity index is 2380. The first kappa shape index (κ1) is 58.7. The summed E-state index contributed by atoms with van der Waals surface area (Å²) in [5, 5.41) is 18.4. The fraction of sp³-hybridized carbons (Fsp3) is 0.667. The molecule has 20 nitrogen and oxygen atoms in total. The van der Waals surface area contributed by atoms with Gasteiger partial charge in [-0.05, 0) is 126 Å². The summed E-state index contributed by atoms with van der Waals surface area (Å²) >= 11 is 0. The van der Waals surface area contributed by atoms with Crippen molar-refractivity contribution in [2.24, 2.45) is 11.8 Å².